The molecule has 0 saturated carbocycles. The second-order valence-corrected chi connectivity index (χ2v) is 4.58. The molecule has 114 valence electrons. The van der Waals surface area contributed by atoms with Crippen LogP contribution in [0.15, 0.2) is 24.4 Å². The van der Waals surface area contributed by atoms with Crippen LogP contribution in [0.3, 0.4) is 0 Å². The molecule has 1 atom stereocenters. The van der Waals surface area contributed by atoms with Crippen LogP contribution < -0.4 is 0 Å². The molecule has 7 heteroatoms. The van der Waals surface area contributed by atoms with E-state index >= 15 is 0 Å². The number of fused-ring (bicyclic) bond motifs is 1. The summed E-state index contributed by atoms with van der Waals surface area (Å²) in [5.41, 5.74) is -0.253. The summed E-state index contributed by atoms with van der Waals surface area (Å²) in [6, 6.07) is 3.19. The fraction of sp³-hybridized carbons (Fsp3) is 0.357. The molecule has 1 N–H and O–H groups in total. The van der Waals surface area contributed by atoms with Gasteiger partial charge in [0.05, 0.1) is 12.2 Å². The normalized spacial score (nSPS) is 13.4. The van der Waals surface area contributed by atoms with Crippen molar-refractivity contribution in [1.29, 1.82) is 0 Å². The average Bonchev–Trinajstić information content (AvgIpc) is 2.74. The van der Waals surface area contributed by atoms with Gasteiger partial charge < -0.3 is 14.4 Å². The van der Waals surface area contributed by atoms with Crippen LogP contribution in [-0.2, 0) is 22.8 Å². The van der Waals surface area contributed by atoms with E-state index in [0.29, 0.717) is 5.52 Å². The van der Waals surface area contributed by atoms with E-state index in [-0.39, 0.29) is 17.6 Å². The quantitative estimate of drug-likeness (QED) is 0.887. The van der Waals surface area contributed by atoms with Crippen LogP contribution in [0.25, 0.3) is 10.9 Å². The lowest BCUT2D eigenvalue weighted by Gasteiger charge is -2.10. The zero-order valence-electron chi connectivity index (χ0n) is 11.4. The van der Waals surface area contributed by atoms with Crippen molar-refractivity contribution in [2.24, 2.45) is 7.05 Å². The minimum absolute atomic E-state index is 0.0778. The zero-order chi connectivity index (χ0) is 15.8. The molecule has 0 aliphatic carbocycles. The van der Waals surface area contributed by atoms with Gasteiger partial charge in [-0.2, -0.15) is 13.2 Å². The van der Waals surface area contributed by atoms with Crippen molar-refractivity contribution in [3.8, 4) is 0 Å². The molecule has 0 saturated heterocycles. The Morgan fingerprint density at radius 1 is 1.43 bits per heavy atom. The first-order valence-corrected chi connectivity index (χ1v) is 6.26. The molecule has 0 spiro atoms. The van der Waals surface area contributed by atoms with E-state index in [9.17, 15) is 23.1 Å². The van der Waals surface area contributed by atoms with Crippen molar-refractivity contribution < 1.29 is 27.8 Å². The Hall–Kier alpha value is -2.02. The number of halogens is 3. The molecule has 0 radical (unpaired) electrons. The Bertz CT molecular complexity index is 676. The van der Waals surface area contributed by atoms with Crippen molar-refractivity contribution in [1.82, 2.24) is 4.57 Å². The molecule has 1 aromatic carbocycles. The fourth-order valence-corrected chi connectivity index (χ4v) is 2.16. The van der Waals surface area contributed by atoms with Crippen LogP contribution in [0.2, 0.25) is 0 Å². The zero-order valence-corrected chi connectivity index (χ0v) is 11.4. The van der Waals surface area contributed by atoms with Gasteiger partial charge in [0.2, 0.25) is 0 Å². The number of carbonyl (C=O) groups excluding carboxylic acids is 1. The van der Waals surface area contributed by atoms with Gasteiger partial charge in [-0.15, -0.1) is 0 Å². The van der Waals surface area contributed by atoms with Gasteiger partial charge in [-0.1, -0.05) is 0 Å². The third-order valence-electron chi connectivity index (χ3n) is 3.15. The van der Waals surface area contributed by atoms with Gasteiger partial charge in [-0.05, 0) is 25.1 Å². The van der Waals surface area contributed by atoms with Gasteiger partial charge in [0.1, 0.15) is 0 Å². The third-order valence-corrected chi connectivity index (χ3v) is 3.15. The number of aliphatic hydroxyl groups is 1. The third kappa shape index (κ3) is 2.87. The molecule has 2 aromatic rings. The lowest BCUT2D eigenvalue weighted by atomic mass is 10.1. The molecule has 1 heterocycles. The van der Waals surface area contributed by atoms with Crippen LogP contribution >= 0.6 is 0 Å². The van der Waals surface area contributed by atoms with Crippen molar-refractivity contribution in [2.45, 2.75) is 19.2 Å². The lowest BCUT2D eigenvalue weighted by Crippen LogP contribution is -2.15. The van der Waals surface area contributed by atoms with Gasteiger partial charge in [-0.25, -0.2) is 4.79 Å². The molecular formula is C14H14F3NO3. The highest BCUT2D eigenvalue weighted by Gasteiger charge is 2.32. The van der Waals surface area contributed by atoms with Crippen molar-refractivity contribution in [2.75, 3.05) is 6.61 Å². The Morgan fingerprint density at radius 2 is 2.10 bits per heavy atom. The van der Waals surface area contributed by atoms with Gasteiger partial charge in [0.25, 0.3) is 0 Å². The molecule has 2 rings (SSSR count). The molecule has 0 bridgehead atoms. The number of esters is 1. The van der Waals surface area contributed by atoms with E-state index < -0.39 is 23.8 Å². The standard InChI is InChI=1S/C14H14F3NO3/c1-3-21-13(20)12(19)10-7-18(2)11-5-4-8(6-9(10)11)14(15,16)17/h4-7,12,19H,3H2,1-2H3. The minimum atomic E-state index is -4.49. The topological polar surface area (TPSA) is 51.5 Å². The van der Waals surface area contributed by atoms with Gasteiger partial charge in [0, 0.05) is 29.7 Å². The first-order chi connectivity index (χ1) is 9.75. The summed E-state index contributed by atoms with van der Waals surface area (Å²) in [6.07, 6.45) is -4.68. The van der Waals surface area contributed by atoms with E-state index in [1.807, 2.05) is 0 Å². The molecule has 1 aromatic heterocycles. The predicted molar refractivity (Wildman–Crippen MR) is 69.5 cm³/mol. The first-order valence-electron chi connectivity index (χ1n) is 6.26. The summed E-state index contributed by atoms with van der Waals surface area (Å²) in [5, 5.41) is 10.1. The number of benzene rings is 1. The summed E-state index contributed by atoms with van der Waals surface area (Å²) in [6.45, 7) is 1.66. The minimum Gasteiger partial charge on any atom is -0.464 e. The summed E-state index contributed by atoms with van der Waals surface area (Å²) in [5.74, 6) is -0.887. The van der Waals surface area contributed by atoms with Crippen LogP contribution in [0.1, 0.15) is 24.2 Å². The largest absolute Gasteiger partial charge is 0.464 e. The van der Waals surface area contributed by atoms with Crippen LogP contribution in [-0.4, -0.2) is 22.2 Å². The SMILES string of the molecule is CCOC(=O)C(O)c1cn(C)c2ccc(C(F)(F)F)cc12. The lowest BCUT2D eigenvalue weighted by molar-refractivity contribution is -0.153. The maximum absolute atomic E-state index is 12.8. The molecule has 4 nitrogen and oxygen atoms in total. The maximum atomic E-state index is 12.8. The highest BCUT2D eigenvalue weighted by atomic mass is 19.4. The number of aliphatic hydroxyl groups excluding tert-OH is 1. The van der Waals surface area contributed by atoms with E-state index in [4.69, 9.17) is 4.74 Å². The molecule has 0 aliphatic rings. The summed E-state index contributed by atoms with van der Waals surface area (Å²) < 4.78 is 44.6. The van der Waals surface area contributed by atoms with Crippen LogP contribution in [0.5, 0.6) is 0 Å². The second-order valence-electron chi connectivity index (χ2n) is 4.58. The highest BCUT2D eigenvalue weighted by molar-refractivity contribution is 5.90. The number of alkyl halides is 3. The number of nitrogens with zero attached hydrogens (tertiary/aromatic N) is 1. The Kier molecular flexibility index (Phi) is 3.95. The number of hydrogen-bond acceptors (Lipinski definition) is 3. The maximum Gasteiger partial charge on any atom is 0.416 e. The number of ether oxygens (including phenoxy) is 1. The monoisotopic (exact) mass is 301 g/mol. The second kappa shape index (κ2) is 5.40. The van der Waals surface area contributed by atoms with Gasteiger partial charge in [-0.3, -0.25) is 0 Å². The summed E-state index contributed by atoms with van der Waals surface area (Å²) >= 11 is 0. The summed E-state index contributed by atoms with van der Waals surface area (Å²) in [7, 11) is 1.62. The number of hydrogen-bond donors (Lipinski definition) is 1. The molecule has 1 unspecified atom stereocenters. The Labute approximate surface area is 118 Å². The molecular weight excluding hydrogens is 287 g/mol. The number of aryl methyl sites for hydroxylation is 1. The highest BCUT2D eigenvalue weighted by Crippen LogP contribution is 2.34. The molecule has 0 aliphatic heterocycles. The van der Waals surface area contributed by atoms with Crippen LogP contribution in [0, 0.1) is 0 Å². The number of rotatable bonds is 3. The smallest absolute Gasteiger partial charge is 0.416 e. The average molecular weight is 301 g/mol. The summed E-state index contributed by atoms with van der Waals surface area (Å²) in [4.78, 5) is 11.6. The Morgan fingerprint density at radius 3 is 2.67 bits per heavy atom. The van der Waals surface area contributed by atoms with Gasteiger partial charge in [0.15, 0.2) is 6.10 Å². The number of aromatic nitrogens is 1. The molecule has 21 heavy (non-hydrogen) atoms. The van der Waals surface area contributed by atoms with Crippen molar-refractivity contribution in [3.05, 3.63) is 35.5 Å². The van der Waals surface area contributed by atoms with Crippen molar-refractivity contribution in [3.63, 3.8) is 0 Å². The van der Waals surface area contributed by atoms with Crippen LogP contribution in [0.4, 0.5) is 13.2 Å². The molecule has 0 fully saturated rings. The predicted octanol–water partition coefficient (Wildman–Crippen LogP) is 2.79. The van der Waals surface area contributed by atoms with Gasteiger partial charge >= 0.3 is 12.1 Å². The van der Waals surface area contributed by atoms with E-state index in [0.717, 1.165) is 12.1 Å². The Balaban J connectivity index is 2.56. The van der Waals surface area contributed by atoms with E-state index in [2.05, 4.69) is 0 Å². The molecule has 0 amide bonds. The van der Waals surface area contributed by atoms with E-state index in [1.165, 1.54) is 12.3 Å². The fourth-order valence-electron chi connectivity index (χ4n) is 2.16. The van der Waals surface area contributed by atoms with E-state index in [1.54, 1.807) is 18.5 Å². The number of carbonyl (C=O) groups is 1. The van der Waals surface area contributed by atoms with Crippen molar-refractivity contribution >= 4 is 16.9 Å². The first kappa shape index (κ1) is 15.4.